The summed E-state index contributed by atoms with van der Waals surface area (Å²) in [7, 11) is 0. The summed E-state index contributed by atoms with van der Waals surface area (Å²) >= 11 is 0. The zero-order valence-corrected chi connectivity index (χ0v) is 14.5. The third-order valence-electron chi connectivity index (χ3n) is 4.97. The van der Waals surface area contributed by atoms with Gasteiger partial charge in [-0.1, -0.05) is 5.16 Å². The van der Waals surface area contributed by atoms with Crippen molar-refractivity contribution < 1.29 is 9.32 Å². The molecule has 25 heavy (non-hydrogen) atoms. The van der Waals surface area contributed by atoms with Crippen LogP contribution in [0.3, 0.4) is 0 Å². The monoisotopic (exact) mass is 341 g/mol. The van der Waals surface area contributed by atoms with Crippen LogP contribution in [0.5, 0.6) is 0 Å². The van der Waals surface area contributed by atoms with Gasteiger partial charge >= 0.3 is 0 Å². The number of aromatic nitrogens is 3. The summed E-state index contributed by atoms with van der Waals surface area (Å²) < 4.78 is 5.32. The third-order valence-corrected chi connectivity index (χ3v) is 4.97. The van der Waals surface area contributed by atoms with Gasteiger partial charge in [-0.05, 0) is 37.0 Å². The van der Waals surface area contributed by atoms with Gasteiger partial charge in [-0.2, -0.15) is 4.98 Å². The maximum atomic E-state index is 12.2. The van der Waals surface area contributed by atoms with Crippen LogP contribution in [0.2, 0.25) is 0 Å². The van der Waals surface area contributed by atoms with Gasteiger partial charge in [-0.15, -0.1) is 0 Å². The maximum Gasteiger partial charge on any atom is 0.229 e. The smallest absolute Gasteiger partial charge is 0.229 e. The quantitative estimate of drug-likeness (QED) is 0.799. The topological polar surface area (TPSA) is 75.4 Å². The maximum absolute atomic E-state index is 12.2. The van der Waals surface area contributed by atoms with E-state index in [1.54, 1.807) is 6.92 Å². The third kappa shape index (κ3) is 3.87. The lowest BCUT2D eigenvalue weighted by Crippen LogP contribution is -2.40. The summed E-state index contributed by atoms with van der Waals surface area (Å²) in [5.74, 6) is 1.84. The fourth-order valence-electron chi connectivity index (χ4n) is 3.43. The molecule has 2 aliphatic rings. The summed E-state index contributed by atoms with van der Waals surface area (Å²) in [6.07, 6.45) is 6.87. The van der Waals surface area contributed by atoms with Crippen LogP contribution in [0.25, 0.3) is 0 Å². The summed E-state index contributed by atoms with van der Waals surface area (Å²) in [6.45, 7) is 4.79. The zero-order valence-electron chi connectivity index (χ0n) is 14.5. The van der Waals surface area contributed by atoms with E-state index >= 15 is 0 Å². The van der Waals surface area contributed by atoms with Gasteiger partial charge in [0.2, 0.25) is 11.8 Å². The lowest BCUT2D eigenvalue weighted by Gasteiger charge is -2.27. The second-order valence-electron chi connectivity index (χ2n) is 7.00. The van der Waals surface area contributed by atoms with Crippen LogP contribution in [0, 0.1) is 0 Å². The Labute approximate surface area is 147 Å². The van der Waals surface area contributed by atoms with Gasteiger partial charge in [0, 0.05) is 50.9 Å². The number of carbonyl (C=O) groups excluding carboxylic acids is 1. The fraction of sp³-hybridized carbons (Fsp3) is 0.556. The van der Waals surface area contributed by atoms with Crippen molar-refractivity contribution in [2.45, 2.75) is 51.2 Å². The molecule has 1 saturated carbocycles. The van der Waals surface area contributed by atoms with E-state index in [0.717, 1.165) is 44.8 Å². The first kappa shape index (κ1) is 16.2. The van der Waals surface area contributed by atoms with E-state index in [1.807, 2.05) is 29.4 Å². The average molecular weight is 341 g/mol. The van der Waals surface area contributed by atoms with Crippen molar-refractivity contribution >= 4 is 5.91 Å². The van der Waals surface area contributed by atoms with Gasteiger partial charge in [-0.3, -0.25) is 14.7 Å². The molecule has 0 N–H and O–H groups in total. The lowest BCUT2D eigenvalue weighted by atomic mass is 10.2. The van der Waals surface area contributed by atoms with Crippen molar-refractivity contribution in [3.8, 4) is 0 Å². The van der Waals surface area contributed by atoms with Gasteiger partial charge in [0.15, 0.2) is 5.82 Å². The molecule has 1 atom stereocenters. The molecule has 0 bridgehead atoms. The SMILES string of the molecule is CC(=O)N(Cc1noc(C2CC2)n1)[C@@H]1CCN(Cc2ccncc2)C1. The Morgan fingerprint density at radius 3 is 2.84 bits per heavy atom. The molecular formula is C18H23N5O2. The summed E-state index contributed by atoms with van der Waals surface area (Å²) in [5, 5.41) is 4.06. The highest BCUT2D eigenvalue weighted by atomic mass is 16.5. The predicted octanol–water partition coefficient (Wildman–Crippen LogP) is 1.97. The van der Waals surface area contributed by atoms with E-state index in [0.29, 0.717) is 18.3 Å². The number of amides is 1. The fourth-order valence-corrected chi connectivity index (χ4v) is 3.43. The number of likely N-dealkylation sites (tertiary alicyclic amines) is 1. The summed E-state index contributed by atoms with van der Waals surface area (Å²) in [6, 6.07) is 4.27. The molecule has 1 aliphatic heterocycles. The number of rotatable bonds is 6. The molecule has 2 aromatic heterocycles. The van der Waals surface area contributed by atoms with Crippen LogP contribution >= 0.6 is 0 Å². The Hall–Kier alpha value is -2.28. The van der Waals surface area contributed by atoms with E-state index in [4.69, 9.17) is 4.52 Å². The van der Waals surface area contributed by atoms with Gasteiger partial charge in [-0.25, -0.2) is 0 Å². The first-order valence-corrected chi connectivity index (χ1v) is 8.90. The summed E-state index contributed by atoms with van der Waals surface area (Å²) in [5.41, 5.74) is 1.25. The minimum atomic E-state index is 0.0635. The van der Waals surface area contributed by atoms with Crippen molar-refractivity contribution in [3.05, 3.63) is 41.8 Å². The molecule has 1 aliphatic carbocycles. The van der Waals surface area contributed by atoms with Crippen molar-refractivity contribution in [3.63, 3.8) is 0 Å². The Bertz CT molecular complexity index is 728. The van der Waals surface area contributed by atoms with Crippen LogP contribution in [0.1, 0.15) is 49.4 Å². The average Bonchev–Trinajstić information content (AvgIpc) is 3.18. The van der Waals surface area contributed by atoms with E-state index in [1.165, 1.54) is 5.56 Å². The molecule has 0 unspecified atom stereocenters. The van der Waals surface area contributed by atoms with Crippen LogP contribution in [-0.2, 0) is 17.9 Å². The molecule has 2 aromatic rings. The van der Waals surface area contributed by atoms with E-state index in [-0.39, 0.29) is 11.9 Å². The summed E-state index contributed by atoms with van der Waals surface area (Å²) in [4.78, 5) is 24.9. The first-order chi connectivity index (χ1) is 12.2. The van der Waals surface area contributed by atoms with Crippen molar-refractivity contribution in [1.29, 1.82) is 0 Å². The predicted molar refractivity (Wildman–Crippen MR) is 90.4 cm³/mol. The number of nitrogens with zero attached hydrogens (tertiary/aromatic N) is 5. The number of hydrogen-bond acceptors (Lipinski definition) is 6. The van der Waals surface area contributed by atoms with Crippen LogP contribution in [0.15, 0.2) is 29.0 Å². The lowest BCUT2D eigenvalue weighted by molar-refractivity contribution is -0.131. The van der Waals surface area contributed by atoms with Gasteiger partial charge in [0.1, 0.15) is 0 Å². The Morgan fingerprint density at radius 2 is 2.12 bits per heavy atom. The van der Waals surface area contributed by atoms with Gasteiger partial charge in [0.25, 0.3) is 0 Å². The number of pyridine rings is 1. The zero-order chi connectivity index (χ0) is 17.2. The van der Waals surface area contributed by atoms with Gasteiger partial charge in [0.05, 0.1) is 6.54 Å². The highest BCUT2D eigenvalue weighted by molar-refractivity contribution is 5.73. The second-order valence-corrected chi connectivity index (χ2v) is 7.00. The second kappa shape index (κ2) is 6.92. The molecule has 2 fully saturated rings. The molecule has 0 radical (unpaired) electrons. The highest BCUT2D eigenvalue weighted by Gasteiger charge is 2.32. The molecule has 1 amide bonds. The minimum absolute atomic E-state index is 0.0635. The molecule has 7 nitrogen and oxygen atoms in total. The molecule has 132 valence electrons. The van der Waals surface area contributed by atoms with E-state index in [9.17, 15) is 4.79 Å². The van der Waals surface area contributed by atoms with E-state index < -0.39 is 0 Å². The van der Waals surface area contributed by atoms with Crippen LogP contribution in [-0.4, -0.2) is 50.0 Å². The molecular weight excluding hydrogens is 318 g/mol. The molecule has 7 heteroatoms. The van der Waals surface area contributed by atoms with Crippen molar-refractivity contribution in [1.82, 2.24) is 24.9 Å². The first-order valence-electron chi connectivity index (χ1n) is 8.90. The molecule has 4 rings (SSSR count). The Morgan fingerprint density at radius 1 is 1.32 bits per heavy atom. The highest BCUT2D eigenvalue weighted by Crippen LogP contribution is 2.38. The molecule has 0 aromatic carbocycles. The molecule has 3 heterocycles. The Kier molecular flexibility index (Phi) is 4.48. The number of hydrogen-bond donors (Lipinski definition) is 0. The van der Waals surface area contributed by atoms with E-state index in [2.05, 4.69) is 20.0 Å². The van der Waals surface area contributed by atoms with Crippen LogP contribution < -0.4 is 0 Å². The van der Waals surface area contributed by atoms with Crippen molar-refractivity contribution in [2.24, 2.45) is 0 Å². The standard InChI is InChI=1S/C18H23N5O2/c1-13(24)23(12-17-20-18(25-21-17)15-2-3-15)16-6-9-22(11-16)10-14-4-7-19-8-5-14/h4-5,7-8,15-16H,2-3,6,9-12H2,1H3/t16-/m1/s1. The van der Waals surface area contributed by atoms with Crippen LogP contribution in [0.4, 0.5) is 0 Å². The molecule has 1 saturated heterocycles. The normalized spacial score (nSPS) is 20.8. The van der Waals surface area contributed by atoms with Gasteiger partial charge < -0.3 is 9.42 Å². The largest absolute Gasteiger partial charge is 0.339 e. The minimum Gasteiger partial charge on any atom is -0.339 e. The molecule has 0 spiro atoms. The number of carbonyl (C=O) groups is 1. The van der Waals surface area contributed by atoms with Crippen molar-refractivity contribution in [2.75, 3.05) is 13.1 Å². The Balaban J connectivity index is 1.38.